The number of halogens is 6. The summed E-state index contributed by atoms with van der Waals surface area (Å²) in [4.78, 5) is 19.4. The van der Waals surface area contributed by atoms with E-state index in [1.54, 1.807) is 24.5 Å². The highest BCUT2D eigenvalue weighted by Crippen LogP contribution is 2.38. The van der Waals surface area contributed by atoms with Crippen molar-refractivity contribution in [2.45, 2.75) is 25.2 Å². The van der Waals surface area contributed by atoms with Crippen molar-refractivity contribution in [3.8, 4) is 11.4 Å². The highest BCUT2D eigenvalue weighted by Gasteiger charge is 2.37. The molecule has 0 saturated carbocycles. The Morgan fingerprint density at radius 2 is 1.59 bits per heavy atom. The highest BCUT2D eigenvalue weighted by molar-refractivity contribution is 5.94. The molecule has 32 heavy (non-hydrogen) atoms. The highest BCUT2D eigenvalue weighted by atomic mass is 19.4. The maximum Gasteiger partial charge on any atom is 0.416 e. The number of nitrogens with two attached hydrogens (primary N) is 1. The summed E-state index contributed by atoms with van der Waals surface area (Å²) >= 11 is 0. The number of nitrogens with zero attached hydrogens (tertiary/aromatic N) is 4. The van der Waals surface area contributed by atoms with Crippen LogP contribution in [0.4, 0.5) is 26.3 Å². The predicted octanol–water partition coefficient (Wildman–Crippen LogP) is 4.34. The van der Waals surface area contributed by atoms with Gasteiger partial charge in [0, 0.05) is 29.7 Å². The number of primary amides is 1. The maximum absolute atomic E-state index is 13.1. The average Bonchev–Trinajstić information content (AvgIpc) is 3.19. The van der Waals surface area contributed by atoms with Crippen LogP contribution in [0.15, 0.2) is 54.6 Å². The van der Waals surface area contributed by atoms with Crippen molar-refractivity contribution >= 4 is 12.1 Å². The number of pyridine rings is 1. The number of carbonyl (C=O) groups excluding carboxylic acids is 1. The third-order valence-corrected chi connectivity index (χ3v) is 4.39. The van der Waals surface area contributed by atoms with Gasteiger partial charge in [-0.25, -0.2) is 9.67 Å². The van der Waals surface area contributed by atoms with Gasteiger partial charge in [-0.1, -0.05) is 0 Å². The van der Waals surface area contributed by atoms with Crippen LogP contribution in [0.1, 0.15) is 23.1 Å². The molecular formula is C20H15F6N5O. The standard InChI is InChI=1S/C20H15F6N5O/c21-19(22,23)15-7-14(8-16(9-15)20(24,25)26)18-29-11-31(30-18)10-13(17(27)32)2-1-12-3-5-28-6-4-12/h3-11H,1-2H2,(H2,27,32)/b13-10+. The number of benzene rings is 1. The van der Waals surface area contributed by atoms with Gasteiger partial charge in [-0.3, -0.25) is 9.78 Å². The number of hydrogen-bond acceptors (Lipinski definition) is 4. The van der Waals surface area contributed by atoms with Crippen LogP contribution in [-0.4, -0.2) is 25.7 Å². The Kier molecular flexibility index (Phi) is 6.32. The van der Waals surface area contributed by atoms with Crippen molar-refractivity contribution in [3.05, 3.63) is 71.3 Å². The van der Waals surface area contributed by atoms with Crippen molar-refractivity contribution in [1.82, 2.24) is 19.7 Å². The van der Waals surface area contributed by atoms with Gasteiger partial charge in [-0.15, -0.1) is 5.10 Å². The molecule has 0 spiro atoms. The van der Waals surface area contributed by atoms with Crippen LogP contribution < -0.4 is 5.73 Å². The zero-order chi connectivity index (χ0) is 23.5. The molecule has 1 aromatic carbocycles. The Morgan fingerprint density at radius 1 is 1.00 bits per heavy atom. The lowest BCUT2D eigenvalue weighted by Gasteiger charge is -2.13. The van der Waals surface area contributed by atoms with E-state index < -0.39 is 35.0 Å². The van der Waals surface area contributed by atoms with E-state index in [0.29, 0.717) is 18.6 Å². The van der Waals surface area contributed by atoms with Crippen molar-refractivity contribution < 1.29 is 31.1 Å². The topological polar surface area (TPSA) is 86.7 Å². The molecule has 2 aromatic heterocycles. The zero-order valence-corrected chi connectivity index (χ0v) is 16.2. The molecule has 1 amide bonds. The summed E-state index contributed by atoms with van der Waals surface area (Å²) in [5, 5.41) is 3.88. The lowest BCUT2D eigenvalue weighted by Crippen LogP contribution is -2.15. The molecule has 3 aromatic rings. The van der Waals surface area contributed by atoms with E-state index in [2.05, 4.69) is 15.1 Å². The van der Waals surface area contributed by atoms with Gasteiger partial charge >= 0.3 is 12.4 Å². The largest absolute Gasteiger partial charge is 0.416 e. The molecule has 0 unspecified atom stereocenters. The van der Waals surface area contributed by atoms with Crippen LogP contribution >= 0.6 is 0 Å². The van der Waals surface area contributed by atoms with E-state index in [0.717, 1.165) is 16.6 Å². The number of rotatable bonds is 6. The second-order valence-electron chi connectivity index (χ2n) is 6.72. The third kappa shape index (κ3) is 5.71. The lowest BCUT2D eigenvalue weighted by molar-refractivity contribution is -0.143. The molecule has 168 valence electrons. The summed E-state index contributed by atoms with van der Waals surface area (Å²) in [6.07, 6.45) is -3.89. The Bertz CT molecular complexity index is 1100. The van der Waals surface area contributed by atoms with E-state index in [-0.39, 0.29) is 23.9 Å². The second kappa shape index (κ2) is 8.81. The molecule has 0 aliphatic rings. The monoisotopic (exact) mass is 455 g/mol. The summed E-state index contributed by atoms with van der Waals surface area (Å²) in [6.45, 7) is 0. The van der Waals surface area contributed by atoms with Crippen molar-refractivity contribution in [2.24, 2.45) is 5.73 Å². The molecule has 0 aliphatic carbocycles. The molecule has 2 heterocycles. The molecular weight excluding hydrogens is 440 g/mol. The van der Waals surface area contributed by atoms with Gasteiger partial charge in [0.05, 0.1) is 11.1 Å². The maximum atomic E-state index is 13.1. The van der Waals surface area contributed by atoms with Gasteiger partial charge < -0.3 is 5.73 Å². The summed E-state index contributed by atoms with van der Waals surface area (Å²) in [5.41, 5.74) is 2.95. The number of amides is 1. The molecule has 12 heteroatoms. The van der Waals surface area contributed by atoms with Gasteiger partial charge in [0.25, 0.3) is 0 Å². The van der Waals surface area contributed by atoms with Gasteiger partial charge in [-0.05, 0) is 48.7 Å². The zero-order valence-electron chi connectivity index (χ0n) is 16.2. The lowest BCUT2D eigenvalue weighted by atomic mass is 10.0. The molecule has 0 radical (unpaired) electrons. The van der Waals surface area contributed by atoms with Crippen LogP contribution in [-0.2, 0) is 23.6 Å². The third-order valence-electron chi connectivity index (χ3n) is 4.39. The molecule has 0 bridgehead atoms. The number of aryl methyl sites for hydroxylation is 1. The molecule has 0 fully saturated rings. The Balaban J connectivity index is 1.92. The fourth-order valence-corrected chi connectivity index (χ4v) is 2.79. The minimum absolute atomic E-state index is 0.0185. The van der Waals surface area contributed by atoms with Crippen molar-refractivity contribution in [1.29, 1.82) is 0 Å². The van der Waals surface area contributed by atoms with Crippen molar-refractivity contribution in [3.63, 3.8) is 0 Å². The Morgan fingerprint density at radius 3 is 2.12 bits per heavy atom. The first-order valence-electron chi connectivity index (χ1n) is 9.04. The number of hydrogen-bond donors (Lipinski definition) is 1. The van der Waals surface area contributed by atoms with Crippen LogP contribution in [0.3, 0.4) is 0 Å². The quantitative estimate of drug-likeness (QED) is 0.443. The van der Waals surface area contributed by atoms with E-state index in [1.165, 1.54) is 6.20 Å². The normalized spacial score (nSPS) is 12.8. The molecule has 3 rings (SSSR count). The van der Waals surface area contributed by atoms with Gasteiger partial charge in [-0.2, -0.15) is 26.3 Å². The Labute approximate surface area is 177 Å². The molecule has 6 nitrogen and oxygen atoms in total. The minimum atomic E-state index is -5.00. The predicted molar refractivity (Wildman–Crippen MR) is 101 cm³/mol. The van der Waals surface area contributed by atoms with Gasteiger partial charge in [0.1, 0.15) is 6.33 Å². The van der Waals surface area contributed by atoms with Gasteiger partial charge in [0.2, 0.25) is 5.91 Å². The smallest absolute Gasteiger partial charge is 0.366 e. The molecule has 0 atom stereocenters. The first kappa shape index (κ1) is 23.0. The first-order valence-corrected chi connectivity index (χ1v) is 9.04. The van der Waals surface area contributed by atoms with E-state index in [9.17, 15) is 31.1 Å². The van der Waals surface area contributed by atoms with Crippen LogP contribution in [0, 0.1) is 0 Å². The SMILES string of the molecule is NC(=O)/C(=C/n1cnc(-c2cc(C(F)(F)F)cc(C(F)(F)F)c2)n1)CCc1ccncc1. The molecule has 0 saturated heterocycles. The summed E-state index contributed by atoms with van der Waals surface area (Å²) in [5.74, 6) is -1.13. The number of alkyl halides is 6. The summed E-state index contributed by atoms with van der Waals surface area (Å²) < 4.78 is 79.4. The first-order chi connectivity index (χ1) is 14.9. The molecule has 0 aliphatic heterocycles. The number of aromatic nitrogens is 4. The average molecular weight is 455 g/mol. The van der Waals surface area contributed by atoms with Crippen LogP contribution in [0.5, 0.6) is 0 Å². The van der Waals surface area contributed by atoms with Crippen LogP contribution in [0.2, 0.25) is 0 Å². The van der Waals surface area contributed by atoms with E-state index in [1.807, 2.05) is 0 Å². The van der Waals surface area contributed by atoms with Crippen LogP contribution in [0.25, 0.3) is 17.6 Å². The Hall–Kier alpha value is -3.70. The summed E-state index contributed by atoms with van der Waals surface area (Å²) in [6, 6.07) is 4.56. The van der Waals surface area contributed by atoms with E-state index >= 15 is 0 Å². The fourth-order valence-electron chi connectivity index (χ4n) is 2.79. The number of carbonyl (C=O) groups is 1. The van der Waals surface area contributed by atoms with Crippen molar-refractivity contribution in [2.75, 3.05) is 0 Å². The van der Waals surface area contributed by atoms with Gasteiger partial charge in [0.15, 0.2) is 5.82 Å². The van der Waals surface area contributed by atoms with E-state index in [4.69, 9.17) is 5.73 Å². The second-order valence-corrected chi connectivity index (χ2v) is 6.72. The molecule has 2 N–H and O–H groups in total. The summed E-state index contributed by atoms with van der Waals surface area (Å²) in [7, 11) is 0. The fraction of sp³-hybridized carbons (Fsp3) is 0.200. The minimum Gasteiger partial charge on any atom is -0.366 e.